The smallest absolute Gasteiger partial charge is 0.416 e. The van der Waals surface area contributed by atoms with Crippen LogP contribution in [-0.2, 0) is 23.1 Å². The molecule has 0 atom stereocenters. The van der Waals surface area contributed by atoms with Gasteiger partial charge in [-0.05, 0) is 24.3 Å². The number of amides is 1. The van der Waals surface area contributed by atoms with Gasteiger partial charge in [-0.1, -0.05) is 6.07 Å². The maximum absolute atomic E-state index is 13.5. The van der Waals surface area contributed by atoms with Crippen molar-refractivity contribution in [3.05, 3.63) is 53.3 Å². The zero-order valence-corrected chi connectivity index (χ0v) is 14.3. The minimum absolute atomic E-state index is 0.00334. The first-order valence-corrected chi connectivity index (χ1v) is 8.59. The van der Waals surface area contributed by atoms with Gasteiger partial charge in [0.1, 0.15) is 5.75 Å². The summed E-state index contributed by atoms with van der Waals surface area (Å²) in [5.41, 5.74) is -0.355. The number of hydrogen-bond acceptors (Lipinski definition) is 2. The molecule has 1 spiro atoms. The summed E-state index contributed by atoms with van der Waals surface area (Å²) in [5.74, 6) is 0.281. The molecule has 2 aromatic rings. The number of ether oxygens (including phenoxy) is 1. The van der Waals surface area contributed by atoms with Crippen molar-refractivity contribution in [2.24, 2.45) is 0 Å². The number of aromatic nitrogens is 1. The van der Waals surface area contributed by atoms with Crippen LogP contribution in [0.2, 0.25) is 0 Å². The molecule has 0 N–H and O–H groups in total. The molecule has 0 radical (unpaired) electrons. The molecule has 1 saturated heterocycles. The summed E-state index contributed by atoms with van der Waals surface area (Å²) in [6, 6.07) is 7.83. The number of rotatable bonds is 0. The third-order valence-electron chi connectivity index (χ3n) is 5.39. The van der Waals surface area contributed by atoms with E-state index in [0.29, 0.717) is 25.9 Å². The molecule has 3 heterocycles. The van der Waals surface area contributed by atoms with Crippen molar-refractivity contribution < 1.29 is 22.7 Å². The van der Waals surface area contributed by atoms with Crippen LogP contribution in [0.1, 0.15) is 36.6 Å². The van der Waals surface area contributed by atoms with Crippen LogP contribution in [0.25, 0.3) is 0 Å². The number of halogens is 3. The normalized spacial score (nSPS) is 18.7. The summed E-state index contributed by atoms with van der Waals surface area (Å²) in [6.45, 7) is 2.69. The maximum atomic E-state index is 13.5. The molecule has 2 aliphatic heterocycles. The molecule has 26 heavy (non-hydrogen) atoms. The molecule has 4 nitrogen and oxygen atoms in total. The summed E-state index contributed by atoms with van der Waals surface area (Å²) < 4.78 is 48.5. The van der Waals surface area contributed by atoms with E-state index in [0.717, 1.165) is 11.8 Å². The van der Waals surface area contributed by atoms with E-state index in [9.17, 15) is 18.0 Å². The number of carbonyl (C=O) groups excluding carboxylic acids is 1. The number of piperidine rings is 1. The standard InChI is InChI=1S/C19H19F3N2O2/c1-13(25)23-10-7-18(8-11-23)17-6-3-9-24(17)12-14-15(19(20,21)22)4-2-5-16(14)26-18/h2-6,9H,7-8,10-12H2,1H3. The topological polar surface area (TPSA) is 34.5 Å². The minimum atomic E-state index is -4.43. The Morgan fingerprint density at radius 1 is 1.15 bits per heavy atom. The molecule has 138 valence electrons. The average Bonchev–Trinajstić information content (AvgIpc) is 3.00. The number of alkyl halides is 3. The van der Waals surface area contributed by atoms with Crippen LogP contribution in [0.3, 0.4) is 0 Å². The van der Waals surface area contributed by atoms with Crippen LogP contribution < -0.4 is 4.74 Å². The lowest BCUT2D eigenvalue weighted by Gasteiger charge is -2.41. The fourth-order valence-corrected chi connectivity index (χ4v) is 4.03. The molecular weight excluding hydrogens is 345 g/mol. The monoisotopic (exact) mass is 364 g/mol. The van der Waals surface area contributed by atoms with Gasteiger partial charge < -0.3 is 14.2 Å². The highest BCUT2D eigenvalue weighted by Gasteiger charge is 2.44. The van der Waals surface area contributed by atoms with Gasteiger partial charge in [0, 0.05) is 44.6 Å². The molecule has 0 aliphatic carbocycles. The van der Waals surface area contributed by atoms with Gasteiger partial charge >= 0.3 is 6.18 Å². The molecule has 1 aromatic carbocycles. The Balaban J connectivity index is 1.80. The first-order chi connectivity index (χ1) is 12.3. The molecule has 4 rings (SSSR count). The Labute approximate surface area is 149 Å². The Bertz CT molecular complexity index is 849. The Morgan fingerprint density at radius 3 is 2.54 bits per heavy atom. The van der Waals surface area contributed by atoms with E-state index in [1.807, 2.05) is 16.7 Å². The van der Waals surface area contributed by atoms with Gasteiger partial charge in [0.2, 0.25) is 5.91 Å². The van der Waals surface area contributed by atoms with Gasteiger partial charge in [-0.15, -0.1) is 0 Å². The van der Waals surface area contributed by atoms with Crippen LogP contribution in [0, 0.1) is 0 Å². The van der Waals surface area contributed by atoms with E-state index in [2.05, 4.69) is 0 Å². The summed E-state index contributed by atoms with van der Waals surface area (Å²) in [7, 11) is 0. The first-order valence-electron chi connectivity index (χ1n) is 8.59. The highest BCUT2D eigenvalue weighted by molar-refractivity contribution is 5.73. The second-order valence-corrected chi connectivity index (χ2v) is 6.90. The number of hydrogen-bond donors (Lipinski definition) is 0. The van der Waals surface area contributed by atoms with Crippen LogP contribution in [0.5, 0.6) is 5.75 Å². The Hall–Kier alpha value is -2.44. The SMILES string of the molecule is CC(=O)N1CCC2(CC1)Oc1cccc(C(F)(F)F)c1Cn1cccc12. The van der Waals surface area contributed by atoms with Crippen molar-refractivity contribution in [1.29, 1.82) is 0 Å². The third-order valence-corrected chi connectivity index (χ3v) is 5.39. The molecule has 1 amide bonds. The van der Waals surface area contributed by atoms with Gasteiger partial charge in [0.05, 0.1) is 17.8 Å². The van der Waals surface area contributed by atoms with Crippen molar-refractivity contribution in [1.82, 2.24) is 9.47 Å². The van der Waals surface area contributed by atoms with Gasteiger partial charge in [-0.2, -0.15) is 13.2 Å². The van der Waals surface area contributed by atoms with E-state index in [-0.39, 0.29) is 23.8 Å². The summed E-state index contributed by atoms with van der Waals surface area (Å²) in [5, 5.41) is 0. The first kappa shape index (κ1) is 17.0. The highest BCUT2D eigenvalue weighted by atomic mass is 19.4. The fraction of sp³-hybridized carbons (Fsp3) is 0.421. The molecule has 1 fully saturated rings. The lowest BCUT2D eigenvalue weighted by molar-refractivity contribution is -0.138. The van der Waals surface area contributed by atoms with Gasteiger partial charge in [0.25, 0.3) is 0 Å². The largest absolute Gasteiger partial charge is 0.481 e. The lowest BCUT2D eigenvalue weighted by atomic mass is 9.87. The second-order valence-electron chi connectivity index (χ2n) is 6.90. The fourth-order valence-electron chi connectivity index (χ4n) is 4.03. The van der Waals surface area contributed by atoms with Crippen LogP contribution in [0.15, 0.2) is 36.5 Å². The van der Waals surface area contributed by atoms with Gasteiger partial charge in [-0.25, -0.2) is 0 Å². The zero-order chi connectivity index (χ0) is 18.5. The Morgan fingerprint density at radius 2 is 1.88 bits per heavy atom. The maximum Gasteiger partial charge on any atom is 0.416 e. The van der Waals surface area contributed by atoms with Gasteiger partial charge in [0.15, 0.2) is 5.60 Å². The summed E-state index contributed by atoms with van der Waals surface area (Å²) >= 11 is 0. The predicted octanol–water partition coefficient (Wildman–Crippen LogP) is 3.79. The van der Waals surface area contributed by atoms with Crippen molar-refractivity contribution in [2.75, 3.05) is 13.1 Å². The zero-order valence-electron chi connectivity index (χ0n) is 14.3. The van der Waals surface area contributed by atoms with E-state index >= 15 is 0 Å². The van der Waals surface area contributed by atoms with Crippen molar-refractivity contribution in [3.63, 3.8) is 0 Å². The average molecular weight is 364 g/mol. The Kier molecular flexibility index (Phi) is 3.78. The van der Waals surface area contributed by atoms with Gasteiger partial charge in [-0.3, -0.25) is 4.79 Å². The molecule has 1 aromatic heterocycles. The minimum Gasteiger partial charge on any atom is -0.481 e. The van der Waals surface area contributed by atoms with E-state index in [1.165, 1.54) is 13.0 Å². The van der Waals surface area contributed by atoms with Crippen LogP contribution in [0.4, 0.5) is 13.2 Å². The third kappa shape index (κ3) is 2.66. The lowest BCUT2D eigenvalue weighted by Crippen LogP contribution is -2.47. The predicted molar refractivity (Wildman–Crippen MR) is 88.8 cm³/mol. The van der Waals surface area contributed by atoms with E-state index in [1.54, 1.807) is 17.2 Å². The molecular formula is C19H19F3N2O2. The quantitative estimate of drug-likeness (QED) is 0.713. The molecule has 7 heteroatoms. The van der Waals surface area contributed by atoms with E-state index in [4.69, 9.17) is 4.74 Å². The molecule has 0 bridgehead atoms. The summed E-state index contributed by atoms with van der Waals surface area (Å²) in [6.07, 6.45) is -1.55. The van der Waals surface area contributed by atoms with Crippen LogP contribution >= 0.6 is 0 Å². The number of benzene rings is 1. The van der Waals surface area contributed by atoms with Crippen molar-refractivity contribution in [3.8, 4) is 5.75 Å². The molecule has 0 saturated carbocycles. The second kappa shape index (κ2) is 5.79. The number of nitrogens with zero attached hydrogens (tertiary/aromatic N) is 2. The highest BCUT2D eigenvalue weighted by Crippen LogP contribution is 2.45. The summed E-state index contributed by atoms with van der Waals surface area (Å²) in [4.78, 5) is 13.4. The van der Waals surface area contributed by atoms with Crippen molar-refractivity contribution in [2.45, 2.75) is 38.1 Å². The molecule has 0 unspecified atom stereocenters. The molecule has 2 aliphatic rings. The van der Waals surface area contributed by atoms with Crippen LogP contribution in [-0.4, -0.2) is 28.5 Å². The number of carbonyl (C=O) groups is 1. The van der Waals surface area contributed by atoms with E-state index < -0.39 is 17.3 Å². The number of fused-ring (bicyclic) bond motifs is 3. The number of likely N-dealkylation sites (tertiary alicyclic amines) is 1. The van der Waals surface area contributed by atoms with Crippen molar-refractivity contribution >= 4 is 5.91 Å².